The lowest BCUT2D eigenvalue weighted by Gasteiger charge is -2.28. The van der Waals surface area contributed by atoms with Crippen molar-refractivity contribution in [2.24, 2.45) is 0 Å². The molecule has 0 aliphatic heterocycles. The van der Waals surface area contributed by atoms with E-state index in [0.717, 1.165) is 5.56 Å². The zero-order valence-corrected chi connectivity index (χ0v) is 11.1. The maximum Gasteiger partial charge on any atom is 0.323 e. The van der Waals surface area contributed by atoms with Gasteiger partial charge in [0.1, 0.15) is 0 Å². The van der Waals surface area contributed by atoms with Crippen molar-refractivity contribution < 1.29 is 4.79 Å². The molecule has 0 radical (unpaired) electrons. The van der Waals surface area contributed by atoms with Gasteiger partial charge in [0, 0.05) is 25.3 Å². The fourth-order valence-corrected chi connectivity index (χ4v) is 1.68. The van der Waals surface area contributed by atoms with Crippen molar-refractivity contribution in [1.82, 2.24) is 9.80 Å². The third-order valence-corrected chi connectivity index (χ3v) is 3.02. The van der Waals surface area contributed by atoms with E-state index in [1.807, 2.05) is 31.2 Å². The summed E-state index contributed by atoms with van der Waals surface area (Å²) in [5.74, 6) is 0. The summed E-state index contributed by atoms with van der Waals surface area (Å²) in [6.07, 6.45) is 1.49. The first-order valence-electron chi connectivity index (χ1n) is 5.35. The molecule has 0 unspecified atom stereocenters. The summed E-state index contributed by atoms with van der Waals surface area (Å²) in [5.41, 5.74) is 1.01. The van der Waals surface area contributed by atoms with Crippen LogP contribution in [0.2, 0.25) is 5.02 Å². The largest absolute Gasteiger partial charge is 0.323 e. The van der Waals surface area contributed by atoms with Crippen LogP contribution in [0.1, 0.15) is 18.5 Å². The summed E-state index contributed by atoms with van der Waals surface area (Å²) >= 11 is 5.93. The molecule has 0 saturated heterocycles. The highest BCUT2D eigenvalue weighted by molar-refractivity contribution is 6.30. The zero-order chi connectivity index (χ0) is 13.0. The van der Waals surface area contributed by atoms with E-state index in [0.29, 0.717) is 5.02 Å². The van der Waals surface area contributed by atoms with Gasteiger partial charge in [0.25, 0.3) is 0 Å². The van der Waals surface area contributed by atoms with Crippen molar-refractivity contribution in [2.45, 2.75) is 13.0 Å². The average molecular weight is 253 g/mol. The molecule has 4 heteroatoms. The number of halogens is 1. The predicted molar refractivity (Wildman–Crippen MR) is 71.0 cm³/mol. The average Bonchev–Trinajstić information content (AvgIpc) is 2.35. The molecule has 3 nitrogen and oxygen atoms in total. The Morgan fingerprint density at radius 2 is 2.12 bits per heavy atom. The third kappa shape index (κ3) is 3.24. The zero-order valence-electron chi connectivity index (χ0n) is 10.4. The second kappa shape index (κ2) is 5.73. The molecule has 17 heavy (non-hydrogen) atoms. The van der Waals surface area contributed by atoms with Gasteiger partial charge in [0.2, 0.25) is 0 Å². The van der Waals surface area contributed by atoms with Crippen LogP contribution < -0.4 is 0 Å². The molecule has 92 valence electrons. The Morgan fingerprint density at radius 3 is 2.65 bits per heavy atom. The second-order valence-corrected chi connectivity index (χ2v) is 4.35. The molecular formula is C13H17ClN2O. The van der Waals surface area contributed by atoms with Gasteiger partial charge in [-0.25, -0.2) is 4.79 Å². The Morgan fingerprint density at radius 1 is 1.47 bits per heavy atom. The van der Waals surface area contributed by atoms with Gasteiger partial charge in [-0.2, -0.15) is 0 Å². The van der Waals surface area contributed by atoms with Crippen LogP contribution in [-0.4, -0.2) is 29.9 Å². The minimum Gasteiger partial charge on any atom is -0.321 e. The normalized spacial score (nSPS) is 11.8. The van der Waals surface area contributed by atoms with Crippen molar-refractivity contribution in [2.75, 3.05) is 14.1 Å². The minimum atomic E-state index is -0.104. The molecule has 0 heterocycles. The number of urea groups is 1. The standard InChI is InChI=1S/C13H17ClN2O/c1-5-15(3)13(17)16(4)10(2)11-7-6-8-12(14)9-11/h5-10H,1H2,2-4H3/t10-/m1/s1. The second-order valence-electron chi connectivity index (χ2n) is 3.92. The van der Waals surface area contributed by atoms with E-state index >= 15 is 0 Å². The van der Waals surface area contributed by atoms with E-state index in [4.69, 9.17) is 11.6 Å². The maximum atomic E-state index is 11.9. The topological polar surface area (TPSA) is 23.6 Å². The Labute approximate surface area is 107 Å². The summed E-state index contributed by atoms with van der Waals surface area (Å²) < 4.78 is 0. The van der Waals surface area contributed by atoms with Crippen LogP contribution in [0, 0.1) is 0 Å². The molecule has 0 bridgehead atoms. The molecule has 0 aromatic heterocycles. The molecule has 1 aromatic rings. The Balaban J connectivity index is 2.86. The summed E-state index contributed by atoms with van der Waals surface area (Å²) in [5, 5.41) is 0.673. The molecule has 0 aliphatic rings. The van der Waals surface area contributed by atoms with Gasteiger partial charge in [0.05, 0.1) is 6.04 Å². The predicted octanol–water partition coefficient (Wildman–Crippen LogP) is 3.53. The summed E-state index contributed by atoms with van der Waals surface area (Å²) in [6, 6.07) is 7.37. The SMILES string of the molecule is C=CN(C)C(=O)N(C)[C@H](C)c1cccc(Cl)c1. The van der Waals surface area contributed by atoms with Crippen molar-refractivity contribution in [3.63, 3.8) is 0 Å². The number of hydrogen-bond acceptors (Lipinski definition) is 1. The Bertz CT molecular complexity index is 420. The van der Waals surface area contributed by atoms with E-state index in [1.165, 1.54) is 11.1 Å². The number of benzene rings is 1. The fraction of sp³-hybridized carbons (Fsp3) is 0.308. The van der Waals surface area contributed by atoms with Gasteiger partial charge < -0.3 is 9.80 Å². The highest BCUT2D eigenvalue weighted by Gasteiger charge is 2.19. The van der Waals surface area contributed by atoms with Crippen molar-refractivity contribution >= 4 is 17.6 Å². The molecular weight excluding hydrogens is 236 g/mol. The van der Waals surface area contributed by atoms with E-state index in [9.17, 15) is 4.79 Å². The number of carbonyl (C=O) groups is 1. The highest BCUT2D eigenvalue weighted by atomic mass is 35.5. The van der Waals surface area contributed by atoms with Crippen molar-refractivity contribution in [1.29, 1.82) is 0 Å². The molecule has 1 aromatic carbocycles. The number of amides is 2. The first kappa shape index (κ1) is 13.6. The third-order valence-electron chi connectivity index (χ3n) is 2.79. The quantitative estimate of drug-likeness (QED) is 0.807. The van der Waals surface area contributed by atoms with Crippen LogP contribution in [0.25, 0.3) is 0 Å². The van der Waals surface area contributed by atoms with Gasteiger partial charge in [-0.15, -0.1) is 0 Å². The lowest BCUT2D eigenvalue weighted by Crippen LogP contribution is -2.37. The summed E-state index contributed by atoms with van der Waals surface area (Å²) in [7, 11) is 3.43. The summed E-state index contributed by atoms with van der Waals surface area (Å²) in [4.78, 5) is 15.0. The van der Waals surface area contributed by atoms with Gasteiger partial charge in [0.15, 0.2) is 0 Å². The van der Waals surface area contributed by atoms with Crippen LogP contribution in [0.4, 0.5) is 4.79 Å². The molecule has 0 fully saturated rings. The Kier molecular flexibility index (Phi) is 4.58. The molecule has 0 spiro atoms. The minimum absolute atomic E-state index is 0.0383. The van der Waals surface area contributed by atoms with Crippen LogP contribution in [-0.2, 0) is 0 Å². The van der Waals surface area contributed by atoms with Crippen molar-refractivity contribution in [3.05, 3.63) is 47.6 Å². The molecule has 0 saturated carbocycles. The monoisotopic (exact) mass is 252 g/mol. The summed E-state index contributed by atoms with van der Waals surface area (Å²) in [6.45, 7) is 5.53. The van der Waals surface area contributed by atoms with Gasteiger partial charge in [-0.3, -0.25) is 0 Å². The van der Waals surface area contributed by atoms with Gasteiger partial charge in [-0.1, -0.05) is 30.3 Å². The molecule has 1 rings (SSSR count). The van der Waals surface area contributed by atoms with E-state index in [-0.39, 0.29) is 12.1 Å². The number of rotatable bonds is 3. The lowest BCUT2D eigenvalue weighted by atomic mass is 10.1. The molecule has 1 atom stereocenters. The van der Waals surface area contributed by atoms with Crippen LogP contribution >= 0.6 is 11.6 Å². The van der Waals surface area contributed by atoms with E-state index < -0.39 is 0 Å². The van der Waals surface area contributed by atoms with Crippen LogP contribution in [0.3, 0.4) is 0 Å². The Hall–Kier alpha value is -1.48. The smallest absolute Gasteiger partial charge is 0.321 e. The van der Waals surface area contributed by atoms with Crippen LogP contribution in [0.5, 0.6) is 0 Å². The first-order chi connectivity index (χ1) is 7.97. The molecule has 0 aliphatic carbocycles. The number of hydrogen-bond donors (Lipinski definition) is 0. The van der Waals surface area contributed by atoms with Gasteiger partial charge >= 0.3 is 6.03 Å². The highest BCUT2D eigenvalue weighted by Crippen LogP contribution is 2.22. The first-order valence-corrected chi connectivity index (χ1v) is 5.72. The van der Waals surface area contributed by atoms with E-state index in [1.54, 1.807) is 19.0 Å². The molecule has 0 N–H and O–H groups in total. The maximum absolute atomic E-state index is 11.9. The number of carbonyl (C=O) groups excluding carboxylic acids is 1. The number of nitrogens with zero attached hydrogens (tertiary/aromatic N) is 2. The van der Waals surface area contributed by atoms with Crippen LogP contribution in [0.15, 0.2) is 37.0 Å². The van der Waals surface area contributed by atoms with E-state index in [2.05, 4.69) is 6.58 Å². The van der Waals surface area contributed by atoms with Gasteiger partial charge in [-0.05, 0) is 24.6 Å². The van der Waals surface area contributed by atoms with Crippen molar-refractivity contribution in [3.8, 4) is 0 Å². The fourth-order valence-electron chi connectivity index (χ4n) is 1.48. The lowest BCUT2D eigenvalue weighted by molar-refractivity contribution is 0.173. The molecule has 2 amide bonds.